The second-order valence-electron chi connectivity index (χ2n) is 6.43. The first-order valence-electron chi connectivity index (χ1n) is 8.30. The standard InChI is InChI=1S/C18H30N4O/c1-20(2)18(21(3)4)19-14-16(22-12-8-9-13-22)15-10-6-7-11-17(15)23-5/h6-7,10-11,16H,8-9,12-14H2,1-5H3. The number of likely N-dealkylation sites (tertiary alicyclic amines) is 1. The molecule has 1 atom stereocenters. The van der Waals surface area contributed by atoms with Gasteiger partial charge in [-0.05, 0) is 32.0 Å². The van der Waals surface area contributed by atoms with E-state index in [2.05, 4.69) is 26.8 Å². The van der Waals surface area contributed by atoms with Gasteiger partial charge >= 0.3 is 0 Å². The van der Waals surface area contributed by atoms with Gasteiger partial charge in [-0.3, -0.25) is 9.89 Å². The van der Waals surface area contributed by atoms with Crippen LogP contribution >= 0.6 is 0 Å². The van der Waals surface area contributed by atoms with Crippen LogP contribution in [0.2, 0.25) is 0 Å². The molecule has 128 valence electrons. The number of benzene rings is 1. The van der Waals surface area contributed by atoms with E-state index in [1.807, 2.05) is 40.3 Å². The largest absolute Gasteiger partial charge is 0.496 e. The Hall–Kier alpha value is -1.75. The Balaban J connectivity index is 2.29. The van der Waals surface area contributed by atoms with Gasteiger partial charge in [0.2, 0.25) is 0 Å². The van der Waals surface area contributed by atoms with Crippen LogP contribution in [0.1, 0.15) is 24.4 Å². The van der Waals surface area contributed by atoms with Crippen molar-refractivity contribution in [3.63, 3.8) is 0 Å². The fourth-order valence-electron chi connectivity index (χ4n) is 3.26. The third-order valence-corrected chi connectivity index (χ3v) is 4.28. The highest BCUT2D eigenvalue weighted by atomic mass is 16.5. The molecule has 0 aromatic heterocycles. The number of hydrogen-bond donors (Lipinski definition) is 0. The minimum Gasteiger partial charge on any atom is -0.496 e. The van der Waals surface area contributed by atoms with Gasteiger partial charge in [-0.2, -0.15) is 0 Å². The summed E-state index contributed by atoms with van der Waals surface area (Å²) in [7, 11) is 9.88. The molecule has 1 aromatic rings. The van der Waals surface area contributed by atoms with E-state index in [0.29, 0.717) is 0 Å². The Morgan fingerprint density at radius 2 is 1.74 bits per heavy atom. The molecule has 1 fully saturated rings. The Kier molecular flexibility index (Phi) is 6.28. The topological polar surface area (TPSA) is 31.3 Å². The van der Waals surface area contributed by atoms with E-state index in [1.54, 1.807) is 7.11 Å². The molecule has 1 aliphatic rings. The zero-order valence-corrected chi connectivity index (χ0v) is 15.1. The van der Waals surface area contributed by atoms with Crippen molar-refractivity contribution in [2.24, 2.45) is 4.99 Å². The molecule has 0 radical (unpaired) electrons. The van der Waals surface area contributed by atoms with Gasteiger partial charge in [-0.1, -0.05) is 18.2 Å². The SMILES string of the molecule is COc1ccccc1C(CN=C(N(C)C)N(C)C)N1CCCC1. The Morgan fingerprint density at radius 3 is 2.30 bits per heavy atom. The molecule has 2 rings (SSSR count). The van der Waals surface area contributed by atoms with Crippen molar-refractivity contribution in [3.8, 4) is 5.75 Å². The minimum absolute atomic E-state index is 0.267. The molecule has 1 aliphatic heterocycles. The van der Waals surface area contributed by atoms with E-state index in [-0.39, 0.29) is 6.04 Å². The van der Waals surface area contributed by atoms with E-state index in [1.165, 1.54) is 18.4 Å². The third kappa shape index (κ3) is 4.38. The molecule has 1 aromatic carbocycles. The van der Waals surface area contributed by atoms with Crippen LogP contribution in [0.4, 0.5) is 0 Å². The smallest absolute Gasteiger partial charge is 0.195 e. The van der Waals surface area contributed by atoms with Gasteiger partial charge in [-0.25, -0.2) is 0 Å². The summed E-state index contributed by atoms with van der Waals surface area (Å²) in [5, 5.41) is 0. The van der Waals surface area contributed by atoms with Gasteiger partial charge in [0.1, 0.15) is 5.75 Å². The number of para-hydroxylation sites is 1. The highest BCUT2D eigenvalue weighted by Gasteiger charge is 2.26. The van der Waals surface area contributed by atoms with Crippen LogP contribution in [-0.4, -0.2) is 75.6 Å². The summed E-state index contributed by atoms with van der Waals surface area (Å²) in [5.41, 5.74) is 1.23. The van der Waals surface area contributed by atoms with E-state index in [0.717, 1.165) is 31.3 Å². The van der Waals surface area contributed by atoms with Crippen LogP contribution in [0.25, 0.3) is 0 Å². The lowest BCUT2D eigenvalue weighted by atomic mass is 10.0. The molecular weight excluding hydrogens is 288 g/mol. The van der Waals surface area contributed by atoms with Crippen LogP contribution in [0.5, 0.6) is 5.75 Å². The zero-order chi connectivity index (χ0) is 16.8. The van der Waals surface area contributed by atoms with Gasteiger partial charge < -0.3 is 14.5 Å². The maximum Gasteiger partial charge on any atom is 0.195 e. The van der Waals surface area contributed by atoms with Gasteiger partial charge in [0.15, 0.2) is 5.96 Å². The Morgan fingerprint density at radius 1 is 1.13 bits per heavy atom. The second kappa shape index (κ2) is 8.20. The molecule has 0 saturated carbocycles. The minimum atomic E-state index is 0.267. The fourth-order valence-corrected chi connectivity index (χ4v) is 3.26. The highest BCUT2D eigenvalue weighted by molar-refractivity contribution is 5.79. The van der Waals surface area contributed by atoms with Gasteiger partial charge in [0.05, 0.1) is 19.7 Å². The van der Waals surface area contributed by atoms with Crippen LogP contribution in [0, 0.1) is 0 Å². The monoisotopic (exact) mass is 318 g/mol. The van der Waals surface area contributed by atoms with Crippen molar-refractivity contribution in [2.75, 3.05) is 54.9 Å². The average Bonchev–Trinajstić information content (AvgIpc) is 3.05. The predicted molar refractivity (Wildman–Crippen MR) is 96.2 cm³/mol. The quantitative estimate of drug-likeness (QED) is 0.616. The molecule has 0 aliphatic carbocycles. The maximum atomic E-state index is 5.59. The van der Waals surface area contributed by atoms with Crippen LogP contribution < -0.4 is 4.74 Å². The third-order valence-electron chi connectivity index (χ3n) is 4.28. The number of hydrogen-bond acceptors (Lipinski definition) is 3. The number of aliphatic imine (C=N–C) groups is 1. The molecule has 0 bridgehead atoms. The Labute approximate surface area is 140 Å². The summed E-state index contributed by atoms with van der Waals surface area (Å²) >= 11 is 0. The summed E-state index contributed by atoms with van der Waals surface area (Å²) in [6.45, 7) is 3.01. The molecule has 0 spiro atoms. The lowest BCUT2D eigenvalue weighted by Crippen LogP contribution is -2.37. The molecule has 5 heteroatoms. The van der Waals surface area contributed by atoms with Crippen molar-refractivity contribution in [1.29, 1.82) is 0 Å². The number of guanidine groups is 1. The number of ether oxygens (including phenoxy) is 1. The van der Waals surface area contributed by atoms with Gasteiger partial charge in [0, 0.05) is 33.8 Å². The summed E-state index contributed by atoms with van der Waals surface area (Å²) in [6, 6.07) is 8.59. The molecule has 5 nitrogen and oxygen atoms in total. The summed E-state index contributed by atoms with van der Waals surface area (Å²) in [6.07, 6.45) is 2.53. The van der Waals surface area contributed by atoms with Gasteiger partial charge in [-0.15, -0.1) is 0 Å². The zero-order valence-electron chi connectivity index (χ0n) is 15.1. The molecule has 1 saturated heterocycles. The number of methoxy groups -OCH3 is 1. The lowest BCUT2D eigenvalue weighted by Gasteiger charge is -2.29. The maximum absolute atomic E-state index is 5.59. The summed E-state index contributed by atoms with van der Waals surface area (Å²) in [5.74, 6) is 1.94. The molecular formula is C18H30N4O. The van der Waals surface area contributed by atoms with Crippen molar-refractivity contribution in [1.82, 2.24) is 14.7 Å². The Bertz CT molecular complexity index is 512. The first kappa shape index (κ1) is 17.6. The van der Waals surface area contributed by atoms with E-state index in [4.69, 9.17) is 9.73 Å². The normalized spacial score (nSPS) is 16.0. The lowest BCUT2D eigenvalue weighted by molar-refractivity contribution is 0.244. The molecule has 23 heavy (non-hydrogen) atoms. The molecule has 0 amide bonds. The molecule has 1 unspecified atom stereocenters. The average molecular weight is 318 g/mol. The fraction of sp³-hybridized carbons (Fsp3) is 0.611. The summed E-state index contributed by atoms with van der Waals surface area (Å²) in [4.78, 5) is 11.5. The highest BCUT2D eigenvalue weighted by Crippen LogP contribution is 2.31. The molecule has 0 N–H and O–H groups in total. The van der Waals surface area contributed by atoms with Crippen LogP contribution in [0.15, 0.2) is 29.3 Å². The first-order valence-corrected chi connectivity index (χ1v) is 8.30. The second-order valence-corrected chi connectivity index (χ2v) is 6.43. The van der Waals surface area contributed by atoms with Crippen LogP contribution in [0.3, 0.4) is 0 Å². The van der Waals surface area contributed by atoms with E-state index in [9.17, 15) is 0 Å². The van der Waals surface area contributed by atoms with Crippen molar-refractivity contribution >= 4 is 5.96 Å². The van der Waals surface area contributed by atoms with Crippen LogP contribution in [-0.2, 0) is 0 Å². The van der Waals surface area contributed by atoms with Crippen molar-refractivity contribution < 1.29 is 4.74 Å². The molecule has 1 heterocycles. The van der Waals surface area contributed by atoms with Crippen molar-refractivity contribution in [2.45, 2.75) is 18.9 Å². The predicted octanol–water partition coefficient (Wildman–Crippen LogP) is 2.31. The van der Waals surface area contributed by atoms with Gasteiger partial charge in [0.25, 0.3) is 0 Å². The van der Waals surface area contributed by atoms with E-state index >= 15 is 0 Å². The van der Waals surface area contributed by atoms with Crippen molar-refractivity contribution in [3.05, 3.63) is 29.8 Å². The number of nitrogens with zero attached hydrogens (tertiary/aromatic N) is 4. The first-order chi connectivity index (χ1) is 11.0. The van der Waals surface area contributed by atoms with E-state index < -0.39 is 0 Å². The number of rotatable bonds is 5. The summed E-state index contributed by atoms with van der Waals surface area (Å²) < 4.78 is 5.59.